The van der Waals surface area contributed by atoms with Crippen LogP contribution in [0.3, 0.4) is 0 Å². The summed E-state index contributed by atoms with van der Waals surface area (Å²) >= 11 is 6.95. The van der Waals surface area contributed by atoms with Crippen molar-refractivity contribution in [1.29, 1.82) is 0 Å². The predicted octanol–water partition coefficient (Wildman–Crippen LogP) is 6.20. The maximum Gasteiger partial charge on any atom is 0.247 e. The van der Waals surface area contributed by atoms with Gasteiger partial charge in [0.15, 0.2) is 11.6 Å². The third kappa shape index (κ3) is 9.85. The highest BCUT2D eigenvalue weighted by Crippen LogP contribution is 2.23. The van der Waals surface area contributed by atoms with Crippen molar-refractivity contribution in [3.63, 3.8) is 0 Å². The summed E-state index contributed by atoms with van der Waals surface area (Å²) in [5, 5.41) is 11.9. The van der Waals surface area contributed by atoms with E-state index in [2.05, 4.69) is 42.8 Å². The maximum atomic E-state index is 14.4. The summed E-state index contributed by atoms with van der Waals surface area (Å²) < 4.78 is 21.0. The van der Waals surface area contributed by atoms with E-state index in [1.807, 2.05) is 42.6 Å². The number of hydrogen-bond donors (Lipinski definition) is 4. The molecule has 2 aromatic carbocycles. The molecule has 1 amide bonds. The summed E-state index contributed by atoms with van der Waals surface area (Å²) in [5.74, 6) is 0.794. The molecule has 0 saturated carbocycles. The van der Waals surface area contributed by atoms with Gasteiger partial charge in [-0.1, -0.05) is 42.7 Å². The first kappa shape index (κ1) is 29.4. The molecule has 0 aliphatic heterocycles. The molecule has 4 aromatic rings. The van der Waals surface area contributed by atoms with E-state index in [9.17, 15) is 9.18 Å². The van der Waals surface area contributed by atoms with E-state index in [0.29, 0.717) is 30.2 Å². The van der Waals surface area contributed by atoms with Crippen molar-refractivity contribution in [3.8, 4) is 5.75 Å². The smallest absolute Gasteiger partial charge is 0.247 e. The molecule has 9 nitrogen and oxygen atoms in total. The van der Waals surface area contributed by atoms with E-state index in [1.54, 1.807) is 42.2 Å². The first-order valence-electron chi connectivity index (χ1n) is 12.6. The molecule has 210 valence electrons. The largest absolute Gasteiger partial charge is 0.494 e. The number of thiocarbonyl (C=S) groups is 1. The monoisotopic (exact) mass is 589 g/mol. The molecule has 0 unspecified atom stereocenters. The van der Waals surface area contributed by atoms with Crippen molar-refractivity contribution in [2.45, 2.75) is 13.0 Å². The number of anilines is 5. The van der Waals surface area contributed by atoms with Crippen molar-refractivity contribution in [3.05, 3.63) is 103 Å². The number of carbonyl (C=O) groups excluding carboxylic acids is 1. The highest BCUT2D eigenvalue weighted by molar-refractivity contribution is 8.22. The minimum Gasteiger partial charge on any atom is -0.494 e. The first-order chi connectivity index (χ1) is 20.0. The molecule has 12 heteroatoms. The van der Waals surface area contributed by atoms with Crippen LogP contribution in [0.1, 0.15) is 12.0 Å². The average Bonchev–Trinajstić information content (AvgIpc) is 2.99. The number of hydrogen-bond acceptors (Lipinski definition) is 9. The van der Waals surface area contributed by atoms with Gasteiger partial charge in [0.25, 0.3) is 0 Å². The van der Waals surface area contributed by atoms with Crippen LogP contribution >= 0.6 is 24.0 Å². The first-order valence-corrected chi connectivity index (χ1v) is 14.0. The van der Waals surface area contributed by atoms with Crippen LogP contribution in [0.4, 0.5) is 33.2 Å². The number of nitrogens with zero attached hydrogens (tertiary/aromatic N) is 3. The minimum atomic E-state index is -0.622. The molecule has 0 bridgehead atoms. The molecule has 4 N–H and O–H groups in total. The second kappa shape index (κ2) is 15.3. The summed E-state index contributed by atoms with van der Waals surface area (Å²) in [6.45, 7) is 4.64. The molecule has 2 heterocycles. The standard InChI is InChI=1S/C29H28FN7O2S2/c1-2-26(38)34-22-7-3-8-23(16-22)35-27-25(30)19-32-28(37-27)36-21-9-11-24(12-10-21)39-14-5-15-41-29(40)33-18-20-6-4-13-31-17-20/h2-4,6-13,16-17,19H,1,5,14-15,18H2,(H,33,40)(H,34,38)(H2,32,35,36,37). The number of rotatable bonds is 13. The second-order valence-corrected chi connectivity index (χ2v) is 10.3. The van der Waals surface area contributed by atoms with Gasteiger partial charge < -0.3 is 26.0 Å². The fourth-order valence-electron chi connectivity index (χ4n) is 3.43. The summed E-state index contributed by atoms with van der Waals surface area (Å²) in [6.07, 6.45) is 6.64. The lowest BCUT2D eigenvalue weighted by Crippen LogP contribution is -2.18. The lowest BCUT2D eigenvalue weighted by molar-refractivity contribution is -0.111. The van der Waals surface area contributed by atoms with Gasteiger partial charge in [-0.05, 0) is 66.6 Å². The Balaban J connectivity index is 1.21. The lowest BCUT2D eigenvalue weighted by Gasteiger charge is -2.11. The molecule has 0 atom stereocenters. The van der Waals surface area contributed by atoms with E-state index in [-0.39, 0.29) is 17.7 Å². The SMILES string of the molecule is C=CC(=O)Nc1cccc(Nc2nc(Nc3ccc(OCCCSC(=S)NCc4cccnc4)cc3)ncc2F)c1. The van der Waals surface area contributed by atoms with E-state index in [1.165, 1.54) is 6.08 Å². The van der Waals surface area contributed by atoms with Gasteiger partial charge in [-0.15, -0.1) is 0 Å². The molecule has 2 aromatic heterocycles. The van der Waals surface area contributed by atoms with Gasteiger partial charge in [-0.25, -0.2) is 9.37 Å². The van der Waals surface area contributed by atoms with Gasteiger partial charge in [0.1, 0.15) is 10.1 Å². The number of carbonyl (C=O) groups is 1. The second-order valence-electron chi connectivity index (χ2n) is 8.49. The number of pyridine rings is 1. The molecule has 0 radical (unpaired) electrons. The number of benzene rings is 2. The fourth-order valence-corrected chi connectivity index (χ4v) is 4.37. The summed E-state index contributed by atoms with van der Waals surface area (Å²) in [7, 11) is 0. The molecule has 0 aliphatic carbocycles. The van der Waals surface area contributed by atoms with Crippen LogP contribution in [-0.2, 0) is 11.3 Å². The molecule has 0 spiro atoms. The number of thioether (sulfide) groups is 1. The van der Waals surface area contributed by atoms with E-state index in [4.69, 9.17) is 17.0 Å². The van der Waals surface area contributed by atoms with Crippen LogP contribution in [0.2, 0.25) is 0 Å². The Bertz CT molecular complexity index is 1470. The zero-order valence-electron chi connectivity index (χ0n) is 22.0. The van der Waals surface area contributed by atoms with Crippen molar-refractivity contribution in [2.24, 2.45) is 0 Å². The molecule has 41 heavy (non-hydrogen) atoms. The minimum absolute atomic E-state index is 0.0146. The summed E-state index contributed by atoms with van der Waals surface area (Å²) in [5.41, 5.74) is 2.87. The van der Waals surface area contributed by atoms with Crippen LogP contribution in [0.5, 0.6) is 5.75 Å². The topological polar surface area (TPSA) is 113 Å². The fraction of sp³-hybridized carbons (Fsp3) is 0.138. The Morgan fingerprint density at radius 3 is 2.66 bits per heavy atom. The number of halogens is 1. The van der Waals surface area contributed by atoms with Crippen LogP contribution < -0.4 is 26.0 Å². The highest BCUT2D eigenvalue weighted by Gasteiger charge is 2.09. The quantitative estimate of drug-likeness (QED) is 0.0817. The summed E-state index contributed by atoms with van der Waals surface area (Å²) in [6, 6.07) is 18.0. The van der Waals surface area contributed by atoms with Crippen molar-refractivity contribution < 1.29 is 13.9 Å². The number of aromatic nitrogens is 3. The van der Waals surface area contributed by atoms with Gasteiger partial charge in [0.2, 0.25) is 11.9 Å². The van der Waals surface area contributed by atoms with Gasteiger partial charge in [0.05, 0.1) is 12.8 Å². The van der Waals surface area contributed by atoms with Crippen LogP contribution in [-0.4, -0.2) is 37.5 Å². The Morgan fingerprint density at radius 1 is 1.05 bits per heavy atom. The molecule has 0 aliphatic rings. The van der Waals surface area contributed by atoms with Crippen molar-refractivity contribution >= 4 is 63.0 Å². The zero-order valence-corrected chi connectivity index (χ0v) is 23.6. The van der Waals surface area contributed by atoms with Gasteiger partial charge in [-0.3, -0.25) is 9.78 Å². The predicted molar refractivity (Wildman–Crippen MR) is 167 cm³/mol. The number of ether oxygens (including phenoxy) is 1. The Labute approximate surface area is 247 Å². The Morgan fingerprint density at radius 2 is 1.88 bits per heavy atom. The van der Waals surface area contributed by atoms with E-state index >= 15 is 0 Å². The van der Waals surface area contributed by atoms with E-state index in [0.717, 1.165) is 34.0 Å². The van der Waals surface area contributed by atoms with E-state index < -0.39 is 5.82 Å². The number of nitrogens with one attached hydrogen (secondary N) is 4. The Kier molecular flexibility index (Phi) is 11.0. The molecule has 0 fully saturated rings. The van der Waals surface area contributed by atoms with Gasteiger partial charge in [0, 0.05) is 41.8 Å². The highest BCUT2D eigenvalue weighted by atomic mass is 32.2. The van der Waals surface area contributed by atoms with Crippen molar-refractivity contribution in [1.82, 2.24) is 20.3 Å². The van der Waals surface area contributed by atoms with Crippen LogP contribution in [0.15, 0.2) is 91.9 Å². The molecular formula is C29H28FN7O2S2. The third-order valence-electron chi connectivity index (χ3n) is 5.38. The molecule has 4 rings (SSSR count). The summed E-state index contributed by atoms with van der Waals surface area (Å²) in [4.78, 5) is 23.9. The molecule has 0 saturated heterocycles. The Hall–Kier alpha value is -4.55. The normalized spacial score (nSPS) is 10.4. The zero-order chi connectivity index (χ0) is 28.9. The van der Waals surface area contributed by atoms with Crippen LogP contribution in [0.25, 0.3) is 0 Å². The van der Waals surface area contributed by atoms with Gasteiger partial charge in [-0.2, -0.15) is 4.98 Å². The van der Waals surface area contributed by atoms with Crippen molar-refractivity contribution in [2.75, 3.05) is 28.3 Å². The number of amides is 1. The van der Waals surface area contributed by atoms with Crippen LogP contribution in [0, 0.1) is 5.82 Å². The molecular weight excluding hydrogens is 561 g/mol. The lowest BCUT2D eigenvalue weighted by atomic mass is 10.2. The third-order valence-corrected chi connectivity index (χ3v) is 6.78. The van der Waals surface area contributed by atoms with Gasteiger partial charge >= 0.3 is 0 Å². The average molecular weight is 590 g/mol. The maximum absolute atomic E-state index is 14.4.